The standard InChI is InChI=1S/C4H2N3S/c1-2-8-4-5-3-6-7(1)4/h2-3H. The first-order valence-corrected chi connectivity index (χ1v) is 3.00. The monoisotopic (exact) mass is 124 g/mol. The van der Waals surface area contributed by atoms with Crippen LogP contribution in [0, 0.1) is 6.20 Å². The van der Waals surface area contributed by atoms with Gasteiger partial charge in [0, 0.05) is 5.38 Å². The molecule has 2 aromatic rings. The molecule has 0 bridgehead atoms. The predicted molar refractivity (Wildman–Crippen MR) is 29.7 cm³/mol. The molecule has 0 N–H and O–H groups in total. The fraction of sp³-hybridized carbons (Fsp3) is 0. The van der Waals surface area contributed by atoms with Crippen molar-refractivity contribution in [1.82, 2.24) is 14.6 Å². The van der Waals surface area contributed by atoms with E-state index in [2.05, 4.69) is 16.3 Å². The van der Waals surface area contributed by atoms with Crippen molar-refractivity contribution in [3.63, 3.8) is 0 Å². The van der Waals surface area contributed by atoms with Gasteiger partial charge in [0.2, 0.25) is 4.96 Å². The minimum absolute atomic E-state index is 0.894. The average molecular weight is 124 g/mol. The van der Waals surface area contributed by atoms with Gasteiger partial charge in [-0.15, -0.1) is 11.3 Å². The van der Waals surface area contributed by atoms with Crippen LogP contribution in [0.25, 0.3) is 4.96 Å². The van der Waals surface area contributed by atoms with Gasteiger partial charge in [0.15, 0.2) is 0 Å². The second-order valence-corrected chi connectivity index (χ2v) is 2.16. The van der Waals surface area contributed by atoms with Gasteiger partial charge in [0.05, 0.1) is 0 Å². The van der Waals surface area contributed by atoms with Gasteiger partial charge < -0.3 is 0 Å². The third kappa shape index (κ3) is 0.376. The molecule has 0 atom stereocenters. The lowest BCUT2D eigenvalue weighted by molar-refractivity contribution is 0.969. The summed E-state index contributed by atoms with van der Waals surface area (Å²) in [7, 11) is 0. The number of aromatic nitrogens is 3. The van der Waals surface area contributed by atoms with Gasteiger partial charge in [-0.25, -0.2) is 9.50 Å². The lowest BCUT2D eigenvalue weighted by Gasteiger charge is -1.68. The van der Waals surface area contributed by atoms with E-state index >= 15 is 0 Å². The molecule has 2 aromatic heterocycles. The molecule has 0 unspecified atom stereocenters. The number of rotatable bonds is 0. The SMILES string of the molecule is [c]1csc2ncnn12. The maximum atomic E-state index is 3.92. The largest absolute Gasteiger partial charge is 0.212 e. The van der Waals surface area contributed by atoms with Crippen molar-refractivity contribution >= 4 is 16.3 Å². The van der Waals surface area contributed by atoms with Crippen LogP contribution in [0.15, 0.2) is 11.7 Å². The first kappa shape index (κ1) is 4.03. The van der Waals surface area contributed by atoms with E-state index in [1.807, 2.05) is 5.38 Å². The first-order chi connectivity index (χ1) is 3.97. The molecule has 39 valence electrons. The van der Waals surface area contributed by atoms with Crippen molar-refractivity contribution < 1.29 is 0 Å². The van der Waals surface area contributed by atoms with E-state index in [1.165, 1.54) is 17.7 Å². The molecule has 0 saturated carbocycles. The molecular weight excluding hydrogens is 122 g/mol. The van der Waals surface area contributed by atoms with Crippen LogP contribution < -0.4 is 0 Å². The fourth-order valence-corrected chi connectivity index (χ4v) is 1.09. The molecule has 0 fully saturated rings. The van der Waals surface area contributed by atoms with E-state index in [-0.39, 0.29) is 0 Å². The maximum Gasteiger partial charge on any atom is 0.212 e. The highest BCUT2D eigenvalue weighted by Gasteiger charge is 1.91. The van der Waals surface area contributed by atoms with Gasteiger partial charge in [-0.1, -0.05) is 0 Å². The Kier molecular flexibility index (Phi) is 0.648. The zero-order valence-electron chi connectivity index (χ0n) is 3.90. The Morgan fingerprint density at radius 3 is 3.62 bits per heavy atom. The number of fused-ring (bicyclic) bond motifs is 1. The molecule has 0 amide bonds. The van der Waals surface area contributed by atoms with E-state index in [0.29, 0.717) is 0 Å². The minimum atomic E-state index is 0.894. The summed E-state index contributed by atoms with van der Waals surface area (Å²) in [6.45, 7) is 0. The molecule has 0 saturated heterocycles. The summed E-state index contributed by atoms with van der Waals surface area (Å²) in [5.74, 6) is 0. The highest BCUT2D eigenvalue weighted by atomic mass is 32.1. The summed E-state index contributed by atoms with van der Waals surface area (Å²) in [6, 6.07) is 0. The topological polar surface area (TPSA) is 30.2 Å². The smallest absolute Gasteiger partial charge is 0.206 e. The van der Waals surface area contributed by atoms with Crippen molar-refractivity contribution in [2.45, 2.75) is 0 Å². The minimum Gasteiger partial charge on any atom is -0.206 e. The van der Waals surface area contributed by atoms with Crippen molar-refractivity contribution in [3.05, 3.63) is 17.9 Å². The van der Waals surface area contributed by atoms with Crippen LogP contribution in [-0.4, -0.2) is 14.6 Å². The quantitative estimate of drug-likeness (QED) is 0.514. The molecule has 0 aliphatic heterocycles. The third-order valence-corrected chi connectivity index (χ3v) is 1.57. The van der Waals surface area contributed by atoms with Crippen molar-refractivity contribution in [1.29, 1.82) is 0 Å². The predicted octanol–water partition coefficient (Wildman–Crippen LogP) is 0.591. The van der Waals surface area contributed by atoms with E-state index in [9.17, 15) is 0 Å². The molecule has 2 rings (SSSR count). The Morgan fingerprint density at radius 1 is 1.75 bits per heavy atom. The first-order valence-electron chi connectivity index (χ1n) is 2.12. The highest BCUT2D eigenvalue weighted by Crippen LogP contribution is 2.03. The Labute approximate surface area is 49.6 Å². The molecule has 8 heavy (non-hydrogen) atoms. The van der Waals surface area contributed by atoms with E-state index in [1.54, 1.807) is 4.52 Å². The van der Waals surface area contributed by atoms with Gasteiger partial charge in [0.1, 0.15) is 12.5 Å². The molecule has 0 spiro atoms. The third-order valence-electron chi connectivity index (χ3n) is 0.856. The number of nitrogens with zero attached hydrogens (tertiary/aromatic N) is 3. The van der Waals surface area contributed by atoms with Crippen LogP contribution in [-0.2, 0) is 0 Å². The number of thiazole rings is 1. The summed E-state index contributed by atoms with van der Waals surface area (Å²) >= 11 is 1.53. The second kappa shape index (κ2) is 1.29. The van der Waals surface area contributed by atoms with Gasteiger partial charge in [-0.2, -0.15) is 5.10 Å². The molecule has 3 nitrogen and oxygen atoms in total. The van der Waals surface area contributed by atoms with Crippen molar-refractivity contribution in [2.24, 2.45) is 0 Å². The van der Waals surface area contributed by atoms with Gasteiger partial charge >= 0.3 is 0 Å². The van der Waals surface area contributed by atoms with E-state index in [0.717, 1.165) is 4.96 Å². The highest BCUT2D eigenvalue weighted by molar-refractivity contribution is 7.15. The molecular formula is C4H2N3S. The van der Waals surface area contributed by atoms with Gasteiger partial charge in [-0.05, 0) is 0 Å². The molecule has 0 aliphatic carbocycles. The lowest BCUT2D eigenvalue weighted by Crippen LogP contribution is -1.75. The Bertz CT molecular complexity index is 233. The zero-order chi connectivity index (χ0) is 5.40. The van der Waals surface area contributed by atoms with Gasteiger partial charge in [-0.3, -0.25) is 0 Å². The molecule has 1 radical (unpaired) electrons. The fourth-order valence-electron chi connectivity index (χ4n) is 0.529. The summed E-state index contributed by atoms with van der Waals surface area (Å²) in [4.78, 5) is 4.81. The maximum absolute atomic E-state index is 3.92. The summed E-state index contributed by atoms with van der Waals surface area (Å²) in [6.07, 6.45) is 4.38. The van der Waals surface area contributed by atoms with Crippen LogP contribution >= 0.6 is 11.3 Å². The van der Waals surface area contributed by atoms with Crippen LogP contribution in [0.4, 0.5) is 0 Å². The summed E-state index contributed by atoms with van der Waals surface area (Å²) in [5.41, 5.74) is 0. The average Bonchev–Trinajstić information content (AvgIpc) is 2.15. The summed E-state index contributed by atoms with van der Waals surface area (Å²) < 4.78 is 1.62. The second-order valence-electron chi connectivity index (χ2n) is 1.32. The van der Waals surface area contributed by atoms with Crippen LogP contribution in [0.1, 0.15) is 0 Å². The molecule has 4 heteroatoms. The molecule has 0 aromatic carbocycles. The Morgan fingerprint density at radius 2 is 2.75 bits per heavy atom. The van der Waals surface area contributed by atoms with Crippen molar-refractivity contribution in [2.75, 3.05) is 0 Å². The van der Waals surface area contributed by atoms with Gasteiger partial charge in [0.25, 0.3) is 0 Å². The molecule has 0 aliphatic rings. The number of hydrogen-bond donors (Lipinski definition) is 0. The summed E-state index contributed by atoms with van der Waals surface area (Å²) in [5, 5.41) is 5.67. The number of hydrogen-bond acceptors (Lipinski definition) is 3. The Balaban J connectivity index is 3.06. The van der Waals surface area contributed by atoms with Crippen LogP contribution in [0.3, 0.4) is 0 Å². The normalized spacial score (nSPS) is 10.5. The van der Waals surface area contributed by atoms with Crippen molar-refractivity contribution in [3.8, 4) is 0 Å². The van der Waals surface area contributed by atoms with E-state index in [4.69, 9.17) is 0 Å². The zero-order valence-corrected chi connectivity index (χ0v) is 4.72. The van der Waals surface area contributed by atoms with Crippen LogP contribution in [0.2, 0.25) is 0 Å². The Hall–Kier alpha value is -0.900. The van der Waals surface area contributed by atoms with E-state index < -0.39 is 0 Å². The lowest BCUT2D eigenvalue weighted by atomic mass is 11.0. The molecule has 2 heterocycles. The van der Waals surface area contributed by atoms with Crippen LogP contribution in [0.5, 0.6) is 0 Å².